The molecule has 2 aromatic carbocycles. The summed E-state index contributed by atoms with van der Waals surface area (Å²) in [6, 6.07) is 13.7. The van der Waals surface area contributed by atoms with Gasteiger partial charge in [0.2, 0.25) is 0 Å². The molecule has 2 aromatic heterocycles. The van der Waals surface area contributed by atoms with Gasteiger partial charge in [-0.2, -0.15) is 0 Å². The van der Waals surface area contributed by atoms with Gasteiger partial charge in [-0.3, -0.25) is 4.57 Å². The first-order valence-corrected chi connectivity index (χ1v) is 10.9. The van der Waals surface area contributed by atoms with E-state index < -0.39 is 11.7 Å². The van der Waals surface area contributed by atoms with Crippen LogP contribution in [0.15, 0.2) is 75.6 Å². The van der Waals surface area contributed by atoms with Crippen molar-refractivity contribution in [2.75, 3.05) is 6.61 Å². The third kappa shape index (κ3) is 3.82. The fraction of sp³-hybridized carbons (Fsp3) is 0.174. The second-order valence-corrected chi connectivity index (χ2v) is 8.11. The minimum absolute atomic E-state index is 0.0390. The quantitative estimate of drug-likeness (QED) is 0.267. The molecule has 8 nitrogen and oxygen atoms in total. The van der Waals surface area contributed by atoms with Crippen LogP contribution >= 0.6 is 11.8 Å². The SMILES string of the molecule is C=CCn1c(SCc2cc(=O)oc3cc(O)ccc23)nnc1C1COc2ccccc2O1. The Morgan fingerprint density at radius 1 is 1.19 bits per heavy atom. The van der Waals surface area contributed by atoms with Crippen LogP contribution in [0.4, 0.5) is 0 Å². The van der Waals surface area contributed by atoms with Crippen LogP contribution in [0.5, 0.6) is 17.2 Å². The third-order valence-electron chi connectivity index (χ3n) is 5.02. The van der Waals surface area contributed by atoms with E-state index in [9.17, 15) is 9.90 Å². The maximum atomic E-state index is 12.0. The predicted octanol–water partition coefficient (Wildman–Crippen LogP) is 4.08. The maximum absolute atomic E-state index is 12.0. The van der Waals surface area contributed by atoms with Gasteiger partial charge in [-0.05, 0) is 29.8 Å². The van der Waals surface area contributed by atoms with E-state index in [1.807, 2.05) is 28.8 Å². The van der Waals surface area contributed by atoms with Crippen LogP contribution < -0.4 is 15.1 Å². The van der Waals surface area contributed by atoms with Crippen LogP contribution in [0.2, 0.25) is 0 Å². The number of nitrogens with zero attached hydrogens (tertiary/aromatic N) is 3. The highest BCUT2D eigenvalue weighted by atomic mass is 32.2. The standard InChI is InChI=1S/C23H19N3O5S/c1-2-9-26-22(20-12-29-17-5-3-4-6-18(17)30-20)24-25-23(26)32-13-14-10-21(28)31-19-11-15(27)7-8-16(14)19/h2-8,10-11,20,27H,1,9,12-13H2. The average Bonchev–Trinajstić information content (AvgIpc) is 3.19. The zero-order valence-corrected chi connectivity index (χ0v) is 17.7. The van der Waals surface area contributed by atoms with Crippen molar-refractivity contribution >= 4 is 22.7 Å². The molecule has 9 heteroatoms. The fourth-order valence-electron chi connectivity index (χ4n) is 3.57. The highest BCUT2D eigenvalue weighted by Crippen LogP contribution is 2.36. The van der Waals surface area contributed by atoms with Gasteiger partial charge < -0.3 is 19.0 Å². The Kier molecular flexibility index (Phi) is 5.32. The van der Waals surface area contributed by atoms with Crippen LogP contribution in [0.1, 0.15) is 17.5 Å². The molecule has 4 aromatic rings. The number of benzene rings is 2. The number of rotatable bonds is 6. The van der Waals surface area contributed by atoms with Crippen molar-refractivity contribution in [3.63, 3.8) is 0 Å². The normalized spacial score (nSPS) is 15.1. The number of hydrogen-bond acceptors (Lipinski definition) is 8. The molecule has 1 N–H and O–H groups in total. The van der Waals surface area contributed by atoms with Gasteiger partial charge in [0, 0.05) is 29.8 Å². The van der Waals surface area contributed by atoms with Gasteiger partial charge in [0.15, 0.2) is 28.6 Å². The molecule has 0 radical (unpaired) electrons. The number of allylic oxidation sites excluding steroid dienone is 1. The topological polar surface area (TPSA) is 99.6 Å². The molecule has 32 heavy (non-hydrogen) atoms. The molecule has 0 spiro atoms. The second-order valence-electron chi connectivity index (χ2n) is 7.16. The lowest BCUT2D eigenvalue weighted by atomic mass is 10.1. The minimum atomic E-state index is -0.474. The summed E-state index contributed by atoms with van der Waals surface area (Å²) in [5, 5.41) is 19.8. The van der Waals surface area contributed by atoms with Crippen LogP contribution in [0, 0.1) is 0 Å². The molecule has 3 heterocycles. The van der Waals surface area contributed by atoms with Crippen molar-refractivity contribution in [1.29, 1.82) is 0 Å². The van der Waals surface area contributed by atoms with E-state index in [4.69, 9.17) is 13.9 Å². The molecule has 0 fully saturated rings. The molecule has 1 atom stereocenters. The predicted molar refractivity (Wildman–Crippen MR) is 119 cm³/mol. The molecule has 162 valence electrons. The van der Waals surface area contributed by atoms with Gasteiger partial charge in [-0.25, -0.2) is 4.79 Å². The number of phenols is 1. The number of aromatic nitrogens is 3. The van der Waals surface area contributed by atoms with Gasteiger partial charge in [0.05, 0.1) is 0 Å². The zero-order valence-electron chi connectivity index (χ0n) is 16.9. The van der Waals surface area contributed by atoms with E-state index in [1.165, 1.54) is 23.9 Å². The molecule has 1 aliphatic heterocycles. The largest absolute Gasteiger partial charge is 0.508 e. The summed E-state index contributed by atoms with van der Waals surface area (Å²) in [6.07, 6.45) is 1.36. The van der Waals surface area contributed by atoms with E-state index in [0.29, 0.717) is 47.0 Å². The number of hydrogen-bond donors (Lipinski definition) is 1. The Bertz CT molecular complexity index is 1360. The fourth-order valence-corrected chi connectivity index (χ4v) is 4.52. The molecular weight excluding hydrogens is 430 g/mol. The summed E-state index contributed by atoms with van der Waals surface area (Å²) < 4.78 is 19.1. The molecule has 0 saturated carbocycles. The summed E-state index contributed by atoms with van der Waals surface area (Å²) in [4.78, 5) is 12.0. The van der Waals surface area contributed by atoms with Crippen LogP contribution in [-0.2, 0) is 12.3 Å². The number of para-hydroxylation sites is 2. The number of aromatic hydroxyl groups is 1. The molecule has 5 rings (SSSR count). The number of phenolic OH excluding ortho intramolecular Hbond substituents is 1. The van der Waals surface area contributed by atoms with Crippen LogP contribution in [-0.4, -0.2) is 26.5 Å². The smallest absolute Gasteiger partial charge is 0.336 e. The number of thioether (sulfide) groups is 1. The summed E-state index contributed by atoms with van der Waals surface area (Å²) >= 11 is 1.44. The monoisotopic (exact) mass is 449 g/mol. The zero-order chi connectivity index (χ0) is 22.1. The van der Waals surface area contributed by atoms with E-state index in [1.54, 1.807) is 18.2 Å². The molecule has 0 amide bonds. The number of fused-ring (bicyclic) bond motifs is 2. The van der Waals surface area contributed by atoms with E-state index in [-0.39, 0.29) is 5.75 Å². The van der Waals surface area contributed by atoms with Crippen molar-refractivity contribution in [2.45, 2.75) is 23.6 Å². The molecular formula is C23H19N3O5S. The van der Waals surface area contributed by atoms with Crippen molar-refractivity contribution in [3.05, 3.63) is 83.0 Å². The highest BCUT2D eigenvalue weighted by molar-refractivity contribution is 7.98. The lowest BCUT2D eigenvalue weighted by Gasteiger charge is -2.26. The summed E-state index contributed by atoms with van der Waals surface area (Å²) in [6.45, 7) is 4.66. The van der Waals surface area contributed by atoms with Gasteiger partial charge in [-0.15, -0.1) is 16.8 Å². The molecule has 0 saturated heterocycles. The molecule has 1 aliphatic rings. The average molecular weight is 449 g/mol. The van der Waals surface area contributed by atoms with Crippen LogP contribution in [0.3, 0.4) is 0 Å². The Morgan fingerprint density at radius 3 is 2.88 bits per heavy atom. The van der Waals surface area contributed by atoms with Crippen LogP contribution in [0.25, 0.3) is 11.0 Å². The van der Waals surface area contributed by atoms with Crippen molar-refractivity contribution in [2.24, 2.45) is 0 Å². The van der Waals surface area contributed by atoms with E-state index >= 15 is 0 Å². The number of ether oxygens (including phenoxy) is 2. The summed E-state index contributed by atoms with van der Waals surface area (Å²) in [5.41, 5.74) is 0.647. The lowest BCUT2D eigenvalue weighted by Crippen LogP contribution is -2.25. The summed E-state index contributed by atoms with van der Waals surface area (Å²) in [5.74, 6) is 2.51. The molecule has 0 bridgehead atoms. The van der Waals surface area contributed by atoms with Gasteiger partial charge in [0.25, 0.3) is 0 Å². The third-order valence-corrected chi connectivity index (χ3v) is 6.04. The Balaban J connectivity index is 1.42. The van der Waals surface area contributed by atoms with Crippen molar-refractivity contribution in [3.8, 4) is 17.2 Å². The second kappa shape index (κ2) is 8.43. The van der Waals surface area contributed by atoms with Crippen molar-refractivity contribution < 1.29 is 19.0 Å². The van der Waals surface area contributed by atoms with Crippen molar-refractivity contribution in [1.82, 2.24) is 14.8 Å². The first-order valence-electron chi connectivity index (χ1n) is 9.93. The Labute approximate surface area is 187 Å². The maximum Gasteiger partial charge on any atom is 0.336 e. The lowest BCUT2D eigenvalue weighted by molar-refractivity contribution is 0.0821. The molecule has 0 aliphatic carbocycles. The Morgan fingerprint density at radius 2 is 2.03 bits per heavy atom. The minimum Gasteiger partial charge on any atom is -0.508 e. The van der Waals surface area contributed by atoms with Gasteiger partial charge in [0.1, 0.15) is 17.9 Å². The van der Waals surface area contributed by atoms with Gasteiger partial charge >= 0.3 is 5.63 Å². The van der Waals surface area contributed by atoms with Gasteiger partial charge in [-0.1, -0.05) is 30.0 Å². The summed E-state index contributed by atoms with van der Waals surface area (Å²) in [7, 11) is 0. The van der Waals surface area contributed by atoms with E-state index in [2.05, 4.69) is 16.8 Å². The van der Waals surface area contributed by atoms with E-state index in [0.717, 1.165) is 10.9 Å². The Hall–Kier alpha value is -3.72. The molecule has 1 unspecified atom stereocenters. The first-order chi connectivity index (χ1) is 15.6. The highest BCUT2D eigenvalue weighted by Gasteiger charge is 2.28. The first kappa shape index (κ1) is 20.2.